The van der Waals surface area contributed by atoms with Crippen molar-refractivity contribution in [3.8, 4) is 5.75 Å². The van der Waals surface area contributed by atoms with Gasteiger partial charge in [0.2, 0.25) is 0 Å². The Morgan fingerprint density at radius 1 is 1.24 bits per heavy atom. The molecule has 0 radical (unpaired) electrons. The predicted octanol–water partition coefficient (Wildman–Crippen LogP) is 2.87. The van der Waals surface area contributed by atoms with Crippen molar-refractivity contribution >= 4 is 33.0 Å². The van der Waals surface area contributed by atoms with Crippen LogP contribution in [0.25, 0.3) is 0 Å². The number of nitrogens with two attached hydrogens (primary N) is 1. The van der Waals surface area contributed by atoms with Crippen LogP contribution in [0.2, 0.25) is 5.02 Å². The van der Waals surface area contributed by atoms with Crippen molar-refractivity contribution in [1.82, 2.24) is 0 Å². The van der Waals surface area contributed by atoms with Gasteiger partial charge in [-0.1, -0.05) is 11.6 Å². The van der Waals surface area contributed by atoms with Gasteiger partial charge < -0.3 is 10.5 Å². The van der Waals surface area contributed by atoms with Gasteiger partial charge in [-0.3, -0.25) is 4.72 Å². The molecule has 3 N–H and O–H groups in total. The third kappa shape index (κ3) is 3.37. The van der Waals surface area contributed by atoms with Crippen LogP contribution in [-0.4, -0.2) is 15.5 Å². The molecule has 2 aromatic carbocycles. The van der Waals surface area contributed by atoms with E-state index in [2.05, 4.69) is 4.72 Å². The summed E-state index contributed by atoms with van der Waals surface area (Å²) in [6, 6.07) is 7.64. The smallest absolute Gasteiger partial charge is 0.262 e. The van der Waals surface area contributed by atoms with E-state index in [-0.39, 0.29) is 21.4 Å². The monoisotopic (exact) mass is 330 g/mol. The topological polar surface area (TPSA) is 81.4 Å². The van der Waals surface area contributed by atoms with Crippen LogP contribution < -0.4 is 15.2 Å². The second-order valence-electron chi connectivity index (χ2n) is 4.14. The van der Waals surface area contributed by atoms with E-state index in [0.717, 1.165) is 6.07 Å². The molecular formula is C13H12ClFN2O3S. The highest BCUT2D eigenvalue weighted by atomic mass is 35.5. The van der Waals surface area contributed by atoms with Gasteiger partial charge in [-0.25, -0.2) is 12.8 Å². The summed E-state index contributed by atoms with van der Waals surface area (Å²) in [6.07, 6.45) is 0. The van der Waals surface area contributed by atoms with E-state index in [1.54, 1.807) is 0 Å². The third-order valence-corrected chi connectivity index (χ3v) is 4.39. The van der Waals surface area contributed by atoms with Crippen LogP contribution >= 0.6 is 11.6 Å². The molecule has 0 aromatic heterocycles. The fraction of sp³-hybridized carbons (Fsp3) is 0.0769. The van der Waals surface area contributed by atoms with Crippen LogP contribution in [0, 0.1) is 5.82 Å². The predicted molar refractivity (Wildman–Crippen MR) is 79.6 cm³/mol. The Labute approximate surface area is 126 Å². The van der Waals surface area contributed by atoms with Crippen molar-refractivity contribution in [2.45, 2.75) is 4.90 Å². The van der Waals surface area contributed by atoms with Crippen LogP contribution in [0.1, 0.15) is 0 Å². The van der Waals surface area contributed by atoms with Gasteiger partial charge in [0.1, 0.15) is 0 Å². The summed E-state index contributed by atoms with van der Waals surface area (Å²) in [5.74, 6) is -0.805. The number of halogens is 2. The van der Waals surface area contributed by atoms with Gasteiger partial charge >= 0.3 is 0 Å². The molecule has 2 rings (SSSR count). The number of sulfonamides is 1. The lowest BCUT2D eigenvalue weighted by molar-refractivity contribution is 0.385. The first kappa shape index (κ1) is 15.4. The minimum Gasteiger partial charge on any atom is -0.494 e. The number of methoxy groups -OCH3 is 1. The number of benzene rings is 2. The Morgan fingerprint density at radius 2 is 1.95 bits per heavy atom. The SMILES string of the molecule is COc1ccc(S(=O)(=O)Nc2ccc(N)c(Cl)c2)cc1F. The number of ether oxygens (including phenoxy) is 1. The molecule has 112 valence electrons. The van der Waals surface area contributed by atoms with E-state index in [1.807, 2.05) is 0 Å². The Kier molecular flexibility index (Phi) is 4.24. The molecule has 0 aliphatic heterocycles. The average Bonchev–Trinajstić information content (AvgIpc) is 2.42. The van der Waals surface area contributed by atoms with Gasteiger partial charge in [-0.2, -0.15) is 0 Å². The summed E-state index contributed by atoms with van der Waals surface area (Å²) >= 11 is 5.82. The molecule has 0 spiro atoms. The molecule has 0 aliphatic carbocycles. The zero-order valence-corrected chi connectivity index (χ0v) is 12.5. The fourth-order valence-electron chi connectivity index (χ4n) is 1.62. The first-order valence-electron chi connectivity index (χ1n) is 5.75. The number of hydrogen-bond acceptors (Lipinski definition) is 4. The van der Waals surface area contributed by atoms with Crippen molar-refractivity contribution in [3.05, 3.63) is 47.2 Å². The number of anilines is 2. The van der Waals surface area contributed by atoms with Crippen LogP contribution in [0.3, 0.4) is 0 Å². The quantitative estimate of drug-likeness (QED) is 0.845. The Hall–Kier alpha value is -1.99. The largest absolute Gasteiger partial charge is 0.494 e. The fourth-order valence-corrected chi connectivity index (χ4v) is 2.86. The lowest BCUT2D eigenvalue weighted by Crippen LogP contribution is -2.13. The number of rotatable bonds is 4. The summed E-state index contributed by atoms with van der Waals surface area (Å²) in [4.78, 5) is -0.228. The molecule has 0 aliphatic rings. The maximum absolute atomic E-state index is 13.6. The molecule has 0 amide bonds. The van der Waals surface area contributed by atoms with E-state index in [1.165, 1.54) is 37.4 Å². The van der Waals surface area contributed by atoms with E-state index >= 15 is 0 Å². The van der Waals surface area contributed by atoms with E-state index in [4.69, 9.17) is 22.1 Å². The Balaban J connectivity index is 2.33. The van der Waals surface area contributed by atoms with Crippen LogP contribution in [-0.2, 0) is 10.0 Å². The van der Waals surface area contributed by atoms with E-state index in [9.17, 15) is 12.8 Å². The standard InChI is InChI=1S/C13H12ClFN2O3S/c1-20-13-5-3-9(7-11(13)15)21(18,19)17-8-2-4-12(16)10(14)6-8/h2-7,17H,16H2,1H3. The highest BCUT2D eigenvalue weighted by molar-refractivity contribution is 7.92. The van der Waals surface area contributed by atoms with Crippen molar-refractivity contribution < 1.29 is 17.5 Å². The van der Waals surface area contributed by atoms with Crippen LogP contribution in [0.4, 0.5) is 15.8 Å². The first-order valence-corrected chi connectivity index (χ1v) is 7.61. The molecule has 0 heterocycles. The first-order chi connectivity index (χ1) is 9.83. The van der Waals surface area contributed by atoms with Gasteiger partial charge in [0, 0.05) is 0 Å². The average molecular weight is 331 g/mol. The lowest BCUT2D eigenvalue weighted by Gasteiger charge is -2.10. The number of nitrogens with one attached hydrogen (secondary N) is 1. The molecule has 2 aromatic rings. The molecule has 0 saturated carbocycles. The summed E-state index contributed by atoms with van der Waals surface area (Å²) in [7, 11) is -2.64. The minimum absolute atomic E-state index is 0.0375. The highest BCUT2D eigenvalue weighted by Gasteiger charge is 2.17. The lowest BCUT2D eigenvalue weighted by atomic mass is 10.3. The maximum Gasteiger partial charge on any atom is 0.262 e. The van der Waals surface area contributed by atoms with Gasteiger partial charge in [-0.05, 0) is 36.4 Å². The molecule has 0 fully saturated rings. The molecule has 21 heavy (non-hydrogen) atoms. The van der Waals surface area contributed by atoms with Gasteiger partial charge in [0.15, 0.2) is 11.6 Å². The van der Waals surface area contributed by atoms with E-state index < -0.39 is 15.8 Å². The number of nitrogen functional groups attached to an aromatic ring is 1. The summed E-state index contributed by atoms with van der Waals surface area (Å²) in [6.45, 7) is 0. The van der Waals surface area contributed by atoms with Crippen molar-refractivity contribution in [2.24, 2.45) is 0 Å². The zero-order chi connectivity index (χ0) is 15.6. The highest BCUT2D eigenvalue weighted by Crippen LogP contribution is 2.26. The molecule has 0 saturated heterocycles. The Bertz CT molecular complexity index is 781. The van der Waals surface area contributed by atoms with Crippen molar-refractivity contribution in [1.29, 1.82) is 0 Å². The van der Waals surface area contributed by atoms with Crippen LogP contribution in [0.15, 0.2) is 41.3 Å². The molecular weight excluding hydrogens is 319 g/mol. The minimum atomic E-state index is -3.94. The van der Waals surface area contributed by atoms with Crippen molar-refractivity contribution in [2.75, 3.05) is 17.6 Å². The Morgan fingerprint density at radius 3 is 2.52 bits per heavy atom. The summed E-state index contributed by atoms with van der Waals surface area (Å²) in [5, 5.41) is 0.219. The second kappa shape index (κ2) is 5.79. The van der Waals surface area contributed by atoms with E-state index in [0.29, 0.717) is 5.69 Å². The summed E-state index contributed by atoms with van der Waals surface area (Å²) < 4.78 is 44.9. The third-order valence-electron chi connectivity index (χ3n) is 2.69. The molecule has 8 heteroatoms. The van der Waals surface area contributed by atoms with Gasteiger partial charge in [0.05, 0.1) is 28.4 Å². The molecule has 0 unspecified atom stereocenters. The molecule has 5 nitrogen and oxygen atoms in total. The normalized spacial score (nSPS) is 11.2. The zero-order valence-electron chi connectivity index (χ0n) is 10.9. The van der Waals surface area contributed by atoms with Gasteiger partial charge in [0.25, 0.3) is 10.0 Å². The summed E-state index contributed by atoms with van der Waals surface area (Å²) in [5.41, 5.74) is 6.10. The number of hydrogen-bond donors (Lipinski definition) is 2. The van der Waals surface area contributed by atoms with Gasteiger partial charge in [-0.15, -0.1) is 0 Å². The second-order valence-corrected chi connectivity index (χ2v) is 6.23. The molecule has 0 atom stereocenters. The maximum atomic E-state index is 13.6. The van der Waals surface area contributed by atoms with Crippen molar-refractivity contribution in [3.63, 3.8) is 0 Å². The molecule has 0 bridgehead atoms. The van der Waals surface area contributed by atoms with Crippen LogP contribution in [0.5, 0.6) is 5.75 Å².